The molecule has 0 rings (SSSR count). The molecule has 70 valence electrons. The van der Waals surface area contributed by atoms with Gasteiger partial charge in [-0.25, -0.2) is 0 Å². The zero-order valence-corrected chi connectivity index (χ0v) is 7.60. The van der Waals surface area contributed by atoms with E-state index in [0.717, 1.165) is 0 Å². The van der Waals surface area contributed by atoms with Crippen molar-refractivity contribution < 1.29 is 14.7 Å². The molecule has 0 aromatic carbocycles. The lowest BCUT2D eigenvalue weighted by atomic mass is 10.1. The first-order valence-electron chi connectivity index (χ1n) is 3.63. The van der Waals surface area contributed by atoms with Crippen molar-refractivity contribution in [2.75, 3.05) is 12.4 Å². The zero-order valence-electron chi connectivity index (χ0n) is 6.84. The summed E-state index contributed by atoms with van der Waals surface area (Å²) < 4.78 is 0. The summed E-state index contributed by atoms with van der Waals surface area (Å²) in [6.07, 6.45) is 0.429. The Bertz CT molecular complexity index is 172. The minimum Gasteiger partial charge on any atom is -0.481 e. The van der Waals surface area contributed by atoms with Gasteiger partial charge in [0.05, 0.1) is 5.92 Å². The summed E-state index contributed by atoms with van der Waals surface area (Å²) in [6.45, 7) is 1.95. The standard InChI is InChI=1S/C7H12ClNO3/c1-5(7(11)12)2-3-9-6(10)4-8/h5H,2-4H2,1H3,(H,9,10)(H,11,12). The van der Waals surface area contributed by atoms with Crippen LogP contribution in [0.4, 0.5) is 0 Å². The van der Waals surface area contributed by atoms with E-state index in [4.69, 9.17) is 16.7 Å². The number of carbonyl (C=O) groups excluding carboxylic acids is 1. The molecular formula is C7H12ClNO3. The van der Waals surface area contributed by atoms with Crippen molar-refractivity contribution in [2.45, 2.75) is 13.3 Å². The third-order valence-corrected chi connectivity index (χ3v) is 1.69. The SMILES string of the molecule is CC(CCNC(=O)CCl)C(=O)O. The predicted octanol–water partition coefficient (Wildman–Crippen LogP) is 0.452. The van der Waals surface area contributed by atoms with Crippen LogP contribution in [-0.2, 0) is 9.59 Å². The Hall–Kier alpha value is -0.770. The molecule has 1 amide bonds. The first-order chi connectivity index (χ1) is 5.57. The minimum absolute atomic E-state index is 0.0819. The first kappa shape index (κ1) is 11.2. The minimum atomic E-state index is -0.852. The van der Waals surface area contributed by atoms with E-state index in [0.29, 0.717) is 13.0 Å². The lowest BCUT2D eigenvalue weighted by molar-refractivity contribution is -0.141. The third-order valence-electron chi connectivity index (χ3n) is 1.44. The topological polar surface area (TPSA) is 66.4 Å². The molecule has 0 spiro atoms. The van der Waals surface area contributed by atoms with Gasteiger partial charge in [-0.15, -0.1) is 11.6 Å². The molecule has 0 aliphatic carbocycles. The average molecular weight is 194 g/mol. The van der Waals surface area contributed by atoms with Crippen LogP contribution in [0.15, 0.2) is 0 Å². The van der Waals surface area contributed by atoms with Crippen LogP contribution in [0.3, 0.4) is 0 Å². The van der Waals surface area contributed by atoms with Gasteiger partial charge in [0.2, 0.25) is 5.91 Å². The maximum atomic E-state index is 10.6. The smallest absolute Gasteiger partial charge is 0.306 e. The largest absolute Gasteiger partial charge is 0.481 e. The van der Waals surface area contributed by atoms with E-state index in [1.165, 1.54) is 0 Å². The number of aliphatic carboxylic acids is 1. The number of halogens is 1. The summed E-state index contributed by atoms with van der Waals surface area (Å²) in [5.41, 5.74) is 0. The molecule has 1 atom stereocenters. The quantitative estimate of drug-likeness (QED) is 0.624. The molecule has 0 fully saturated rings. The number of alkyl halides is 1. The Morgan fingerprint density at radius 2 is 2.17 bits per heavy atom. The highest BCUT2D eigenvalue weighted by atomic mass is 35.5. The molecule has 0 aliphatic rings. The molecule has 1 unspecified atom stereocenters. The Morgan fingerprint density at radius 1 is 1.58 bits per heavy atom. The van der Waals surface area contributed by atoms with Gasteiger partial charge in [0.25, 0.3) is 0 Å². The molecule has 2 N–H and O–H groups in total. The van der Waals surface area contributed by atoms with Gasteiger partial charge < -0.3 is 10.4 Å². The van der Waals surface area contributed by atoms with Gasteiger partial charge in [-0.2, -0.15) is 0 Å². The molecule has 0 saturated heterocycles. The second-order valence-electron chi connectivity index (χ2n) is 2.51. The summed E-state index contributed by atoms with van der Waals surface area (Å²) in [5.74, 6) is -1.63. The van der Waals surface area contributed by atoms with E-state index >= 15 is 0 Å². The number of hydrogen-bond acceptors (Lipinski definition) is 2. The molecule has 0 aliphatic heterocycles. The molecular weight excluding hydrogens is 182 g/mol. The lowest BCUT2D eigenvalue weighted by Crippen LogP contribution is -2.27. The van der Waals surface area contributed by atoms with E-state index in [9.17, 15) is 9.59 Å². The van der Waals surface area contributed by atoms with Crippen LogP contribution in [0.1, 0.15) is 13.3 Å². The summed E-state index contributed by atoms with van der Waals surface area (Å²) in [6, 6.07) is 0. The van der Waals surface area contributed by atoms with Gasteiger partial charge in [0.15, 0.2) is 0 Å². The number of carboxylic acids is 1. The van der Waals surface area contributed by atoms with Crippen LogP contribution in [0.2, 0.25) is 0 Å². The number of hydrogen-bond donors (Lipinski definition) is 2. The molecule has 0 bridgehead atoms. The van der Waals surface area contributed by atoms with Crippen molar-refractivity contribution in [2.24, 2.45) is 5.92 Å². The van der Waals surface area contributed by atoms with Gasteiger partial charge in [0.1, 0.15) is 5.88 Å². The lowest BCUT2D eigenvalue weighted by Gasteiger charge is -2.05. The normalized spacial score (nSPS) is 12.2. The van der Waals surface area contributed by atoms with Crippen LogP contribution >= 0.6 is 11.6 Å². The number of rotatable bonds is 5. The maximum Gasteiger partial charge on any atom is 0.306 e. The van der Waals surface area contributed by atoms with Crippen LogP contribution in [0, 0.1) is 5.92 Å². The van der Waals surface area contributed by atoms with E-state index in [1.54, 1.807) is 6.92 Å². The van der Waals surface area contributed by atoms with Gasteiger partial charge in [-0.3, -0.25) is 9.59 Å². The van der Waals surface area contributed by atoms with Crippen molar-refractivity contribution in [3.8, 4) is 0 Å². The fraction of sp³-hybridized carbons (Fsp3) is 0.714. The second kappa shape index (κ2) is 5.83. The molecule has 0 saturated carbocycles. The fourth-order valence-electron chi connectivity index (χ4n) is 0.599. The van der Waals surface area contributed by atoms with Crippen LogP contribution in [-0.4, -0.2) is 29.4 Å². The van der Waals surface area contributed by atoms with E-state index in [-0.39, 0.29) is 11.8 Å². The highest BCUT2D eigenvalue weighted by Crippen LogP contribution is 1.99. The summed E-state index contributed by atoms with van der Waals surface area (Å²) in [4.78, 5) is 20.9. The number of carboxylic acid groups (broad SMARTS) is 1. The van der Waals surface area contributed by atoms with Crippen LogP contribution < -0.4 is 5.32 Å². The van der Waals surface area contributed by atoms with E-state index < -0.39 is 11.9 Å². The molecule has 12 heavy (non-hydrogen) atoms. The monoisotopic (exact) mass is 193 g/mol. The highest BCUT2D eigenvalue weighted by Gasteiger charge is 2.10. The number of carbonyl (C=O) groups is 2. The summed E-state index contributed by atoms with van der Waals surface area (Å²) >= 11 is 5.20. The summed E-state index contributed by atoms with van der Waals surface area (Å²) in [7, 11) is 0. The molecule has 0 aromatic heterocycles. The van der Waals surface area contributed by atoms with Crippen molar-refractivity contribution >= 4 is 23.5 Å². The number of nitrogens with one attached hydrogen (secondary N) is 1. The Kier molecular flexibility index (Phi) is 5.45. The van der Waals surface area contributed by atoms with Crippen LogP contribution in [0.25, 0.3) is 0 Å². The Labute approximate surface area is 75.9 Å². The summed E-state index contributed by atoms with van der Waals surface area (Å²) in [5, 5.41) is 10.9. The molecule has 0 aromatic rings. The van der Waals surface area contributed by atoms with Crippen molar-refractivity contribution in [1.82, 2.24) is 5.32 Å². The first-order valence-corrected chi connectivity index (χ1v) is 4.17. The molecule has 4 nitrogen and oxygen atoms in total. The molecule has 5 heteroatoms. The molecule has 0 heterocycles. The van der Waals surface area contributed by atoms with Crippen molar-refractivity contribution in [3.63, 3.8) is 0 Å². The third kappa shape index (κ3) is 4.96. The predicted molar refractivity (Wildman–Crippen MR) is 45.1 cm³/mol. The zero-order chi connectivity index (χ0) is 9.56. The van der Waals surface area contributed by atoms with Gasteiger partial charge >= 0.3 is 5.97 Å². The fourth-order valence-corrected chi connectivity index (χ4v) is 0.693. The Morgan fingerprint density at radius 3 is 2.58 bits per heavy atom. The van der Waals surface area contributed by atoms with Crippen molar-refractivity contribution in [1.29, 1.82) is 0 Å². The Balaban J connectivity index is 3.43. The van der Waals surface area contributed by atoms with Gasteiger partial charge in [0, 0.05) is 6.54 Å². The second-order valence-corrected chi connectivity index (χ2v) is 2.78. The highest BCUT2D eigenvalue weighted by molar-refractivity contribution is 6.27. The van der Waals surface area contributed by atoms with Crippen LogP contribution in [0.5, 0.6) is 0 Å². The van der Waals surface area contributed by atoms with E-state index in [2.05, 4.69) is 5.32 Å². The van der Waals surface area contributed by atoms with Crippen molar-refractivity contribution in [3.05, 3.63) is 0 Å². The number of amides is 1. The average Bonchev–Trinajstić information content (AvgIpc) is 2.03. The maximum absolute atomic E-state index is 10.6. The van der Waals surface area contributed by atoms with Gasteiger partial charge in [-0.05, 0) is 6.42 Å². The van der Waals surface area contributed by atoms with E-state index in [1.807, 2.05) is 0 Å². The molecule has 0 radical (unpaired) electrons. The van der Waals surface area contributed by atoms with Gasteiger partial charge in [-0.1, -0.05) is 6.92 Å².